The number of nitrogens with zero attached hydrogens (tertiary/aromatic N) is 4. The third-order valence-electron chi connectivity index (χ3n) is 8.02. The summed E-state index contributed by atoms with van der Waals surface area (Å²) in [6.07, 6.45) is 2.26. The second-order valence-electron chi connectivity index (χ2n) is 11.2. The lowest BCUT2D eigenvalue weighted by atomic mass is 9.99. The summed E-state index contributed by atoms with van der Waals surface area (Å²) < 4.78 is 14.9. The van der Waals surface area contributed by atoms with Gasteiger partial charge in [0.05, 0.1) is 31.5 Å². The van der Waals surface area contributed by atoms with Crippen molar-refractivity contribution in [3.05, 3.63) is 118 Å². The third-order valence-corrected chi connectivity index (χ3v) is 8.27. The zero-order valence-corrected chi connectivity index (χ0v) is 28.7. The number of rotatable bonds is 9. The van der Waals surface area contributed by atoms with E-state index < -0.39 is 6.04 Å². The van der Waals surface area contributed by atoms with Crippen molar-refractivity contribution in [2.75, 3.05) is 26.5 Å². The molecule has 4 aromatic carbocycles. The molecule has 5 aromatic rings. The van der Waals surface area contributed by atoms with Gasteiger partial charge < -0.3 is 19.9 Å². The third kappa shape index (κ3) is 7.87. The Kier molecular flexibility index (Phi) is 11.5. The Morgan fingerprint density at radius 1 is 0.958 bits per heavy atom. The van der Waals surface area contributed by atoms with E-state index in [1.165, 1.54) is 21.9 Å². The summed E-state index contributed by atoms with van der Waals surface area (Å²) in [4.78, 5) is 31.0. The molecule has 1 atom stereocenters. The van der Waals surface area contributed by atoms with Gasteiger partial charge in [0.1, 0.15) is 17.6 Å². The lowest BCUT2D eigenvalue weighted by Crippen LogP contribution is -2.38. The van der Waals surface area contributed by atoms with Crippen LogP contribution in [0, 0.1) is 13.8 Å². The van der Waals surface area contributed by atoms with Crippen LogP contribution in [0.4, 0.5) is 0 Å². The molecule has 0 radical (unpaired) electrons. The van der Waals surface area contributed by atoms with Crippen LogP contribution in [0.5, 0.6) is 5.75 Å². The summed E-state index contributed by atoms with van der Waals surface area (Å²) in [5.41, 5.74) is 5.52. The van der Waals surface area contributed by atoms with Crippen molar-refractivity contribution in [3.8, 4) is 11.4 Å². The van der Waals surface area contributed by atoms with E-state index in [-0.39, 0.29) is 24.8 Å². The fraction of sp³-hybridized carbons (Fsp3) is 0.250. The molecule has 1 aliphatic heterocycles. The van der Waals surface area contributed by atoms with Gasteiger partial charge in [-0.2, -0.15) is 0 Å². The maximum absolute atomic E-state index is 13.2. The van der Waals surface area contributed by atoms with Crippen LogP contribution in [0.25, 0.3) is 16.5 Å². The first-order valence-electron chi connectivity index (χ1n) is 15.4. The van der Waals surface area contributed by atoms with Gasteiger partial charge in [0, 0.05) is 29.0 Å². The van der Waals surface area contributed by atoms with Crippen molar-refractivity contribution < 1.29 is 18.9 Å². The van der Waals surface area contributed by atoms with Crippen LogP contribution >= 0.6 is 23.6 Å². The van der Waals surface area contributed by atoms with Gasteiger partial charge in [-0.1, -0.05) is 60.1 Å². The largest absolute Gasteiger partial charge is 0.497 e. The van der Waals surface area contributed by atoms with Crippen molar-refractivity contribution in [2.45, 2.75) is 32.7 Å². The van der Waals surface area contributed by atoms with Gasteiger partial charge in [-0.15, -0.1) is 10.2 Å². The van der Waals surface area contributed by atoms with Crippen molar-refractivity contribution in [2.24, 2.45) is 4.99 Å². The number of ether oxygens (including phenoxy) is 1. The lowest BCUT2D eigenvalue weighted by Gasteiger charge is -2.14. The number of carbonyl (C=O) groups is 2. The van der Waals surface area contributed by atoms with Crippen molar-refractivity contribution in [1.29, 1.82) is 0 Å². The van der Waals surface area contributed by atoms with Crippen LogP contribution in [0.15, 0.2) is 83.9 Å². The lowest BCUT2D eigenvalue weighted by molar-refractivity contribution is -0.126. The number of fused-ring (bicyclic) bond motifs is 4. The van der Waals surface area contributed by atoms with Gasteiger partial charge in [-0.05, 0) is 84.5 Å². The molecule has 0 unspecified atom stereocenters. The Hall–Kier alpha value is -4.71. The normalized spacial score (nSPS) is 13.3. The summed E-state index contributed by atoms with van der Waals surface area (Å²) in [6, 6.07) is 24.9. The molecule has 0 aliphatic carbocycles. The van der Waals surface area contributed by atoms with Crippen molar-refractivity contribution in [1.82, 2.24) is 25.4 Å². The van der Waals surface area contributed by atoms with Crippen LogP contribution < -0.4 is 15.4 Å². The number of benzene rings is 4. The van der Waals surface area contributed by atoms with E-state index in [2.05, 4.69) is 52.0 Å². The van der Waals surface area contributed by atoms with Crippen LogP contribution in [0.1, 0.15) is 46.4 Å². The van der Waals surface area contributed by atoms with Gasteiger partial charge in [0.2, 0.25) is 11.8 Å². The first kappa shape index (κ1) is 34.6. The molecule has 0 bridgehead atoms. The molecule has 48 heavy (non-hydrogen) atoms. The summed E-state index contributed by atoms with van der Waals surface area (Å²) in [7, 11) is 1.61. The minimum Gasteiger partial charge on any atom is -0.497 e. The highest BCUT2D eigenvalue weighted by molar-refractivity contribution is 7.93. The van der Waals surface area contributed by atoms with E-state index in [0.29, 0.717) is 41.1 Å². The molecule has 1 aromatic heterocycles. The van der Waals surface area contributed by atoms with E-state index >= 15 is 0 Å². The van der Waals surface area contributed by atoms with E-state index in [4.69, 9.17) is 25.9 Å². The number of amides is 2. The summed E-state index contributed by atoms with van der Waals surface area (Å²) in [6.45, 7) is 4.27. The van der Waals surface area contributed by atoms with Crippen LogP contribution in [-0.2, 0) is 16.0 Å². The van der Waals surface area contributed by atoms with E-state index in [0.717, 1.165) is 28.9 Å². The molecule has 0 fully saturated rings. The highest BCUT2D eigenvalue weighted by atomic mass is 35.5. The molecule has 248 valence electrons. The first-order valence-corrected chi connectivity index (χ1v) is 16.9. The molecular formula is C36H37ClN6O4S. The van der Waals surface area contributed by atoms with Gasteiger partial charge in [0.25, 0.3) is 0 Å². The SMILES string of the molecule is COc1ccc2c(c1)C(c1ccc(Cl)cc1)=N[C@@H](CC(=O)NCC(=O)NCCc1cccc3c(C)cccc13)c1nnc(C)n1-2.CSO. The Morgan fingerprint density at radius 3 is 2.44 bits per heavy atom. The van der Waals surface area contributed by atoms with Gasteiger partial charge in [0.15, 0.2) is 5.82 Å². The molecule has 0 saturated heterocycles. The quantitative estimate of drug-likeness (QED) is 0.156. The Bertz CT molecular complexity index is 1960. The Morgan fingerprint density at radius 2 is 1.69 bits per heavy atom. The molecule has 3 N–H and O–H groups in total. The number of aliphatic imine (C=N–C) groups is 1. The molecule has 12 heteroatoms. The molecule has 10 nitrogen and oxygen atoms in total. The molecular weight excluding hydrogens is 648 g/mol. The number of methoxy groups -OCH3 is 1. The number of halogens is 1. The topological polar surface area (TPSA) is 131 Å². The second kappa shape index (κ2) is 15.9. The Balaban J connectivity index is 0.00000145. The van der Waals surface area contributed by atoms with Crippen LogP contribution in [0.3, 0.4) is 0 Å². The maximum atomic E-state index is 13.2. The molecule has 2 heterocycles. The fourth-order valence-electron chi connectivity index (χ4n) is 5.75. The zero-order chi connectivity index (χ0) is 34.2. The van der Waals surface area contributed by atoms with E-state index in [1.807, 2.05) is 54.0 Å². The Labute approximate surface area is 288 Å². The second-order valence-corrected chi connectivity index (χ2v) is 12.0. The molecule has 1 aliphatic rings. The van der Waals surface area contributed by atoms with Gasteiger partial charge in [-0.25, -0.2) is 0 Å². The highest BCUT2D eigenvalue weighted by Crippen LogP contribution is 2.34. The minimum absolute atomic E-state index is 0.0248. The smallest absolute Gasteiger partial charge is 0.239 e. The predicted octanol–water partition coefficient (Wildman–Crippen LogP) is 6.28. The highest BCUT2D eigenvalue weighted by Gasteiger charge is 2.30. The number of nitrogens with one attached hydrogen (secondary N) is 2. The number of aryl methyl sites for hydroxylation is 2. The summed E-state index contributed by atoms with van der Waals surface area (Å²) >= 11 is 6.94. The standard InChI is InChI=1S/C35H33ClN6O3.CH4OS/c1-21-6-4-9-28-23(7-5-8-27(21)28)16-17-37-33(44)20-38-32(43)19-30-35-41-40-22(2)42(35)31-15-14-26(45-3)18-29(31)34(39-30)24-10-12-25(36)13-11-24;1-3-2/h4-15,18,30H,16-17,19-20H2,1-3H3,(H,37,44)(H,38,43);2H,1H3/t30-;/m0./s1. The first-order chi connectivity index (χ1) is 23.2. The minimum atomic E-state index is -0.659. The average Bonchev–Trinajstić information content (AvgIpc) is 3.41. The number of hydrogen-bond donors (Lipinski definition) is 3. The van der Waals surface area contributed by atoms with Crippen LogP contribution in [-0.4, -0.2) is 63.3 Å². The number of carbonyl (C=O) groups excluding carboxylic acids is 2. The molecule has 0 spiro atoms. The maximum Gasteiger partial charge on any atom is 0.239 e. The number of aromatic nitrogens is 3. The van der Waals surface area contributed by atoms with Gasteiger partial charge in [-0.3, -0.25) is 19.1 Å². The van der Waals surface area contributed by atoms with Gasteiger partial charge >= 0.3 is 0 Å². The summed E-state index contributed by atoms with van der Waals surface area (Å²) in [5, 5.41) is 17.4. The average molecular weight is 685 g/mol. The monoisotopic (exact) mass is 684 g/mol. The van der Waals surface area contributed by atoms with Crippen molar-refractivity contribution >= 4 is 51.9 Å². The predicted molar refractivity (Wildman–Crippen MR) is 192 cm³/mol. The van der Waals surface area contributed by atoms with Crippen molar-refractivity contribution in [3.63, 3.8) is 0 Å². The van der Waals surface area contributed by atoms with Crippen LogP contribution in [0.2, 0.25) is 5.02 Å². The zero-order valence-electron chi connectivity index (χ0n) is 27.2. The van der Waals surface area contributed by atoms with E-state index in [1.54, 1.807) is 25.5 Å². The molecule has 0 saturated carbocycles. The fourth-order valence-corrected chi connectivity index (χ4v) is 5.88. The molecule has 2 amide bonds. The molecule has 6 rings (SSSR count). The number of hydrogen-bond acceptors (Lipinski definition) is 8. The summed E-state index contributed by atoms with van der Waals surface area (Å²) in [5.74, 6) is 1.28. The van der Waals surface area contributed by atoms with E-state index in [9.17, 15) is 9.59 Å².